The molecule has 9 heteroatoms. The van der Waals surface area contributed by atoms with E-state index >= 15 is 0 Å². The van der Waals surface area contributed by atoms with Crippen LogP contribution in [-0.2, 0) is 14.4 Å². The summed E-state index contributed by atoms with van der Waals surface area (Å²) in [4.78, 5) is 32.1. The van der Waals surface area contributed by atoms with Gasteiger partial charge in [-0.1, -0.05) is 33.6 Å². The van der Waals surface area contributed by atoms with Crippen molar-refractivity contribution in [1.29, 1.82) is 0 Å². The Hall–Kier alpha value is -2.49. The second-order valence-electron chi connectivity index (χ2n) is 6.90. The van der Waals surface area contributed by atoms with E-state index in [0.29, 0.717) is 12.1 Å². The number of carbonyl (C=O) groups excluding carboxylic acids is 3. The summed E-state index contributed by atoms with van der Waals surface area (Å²) in [7, 11) is 1.88. The highest BCUT2D eigenvalue weighted by atomic mass is 16.2. The maximum atomic E-state index is 10.9. The largest absolute Gasteiger partial charge is 0.353 e. The lowest BCUT2D eigenvalue weighted by atomic mass is 10.3. The fourth-order valence-electron chi connectivity index (χ4n) is 1.97. The Morgan fingerprint density at radius 1 is 0.697 bits per heavy atom. The van der Waals surface area contributed by atoms with Crippen molar-refractivity contribution in [3.63, 3.8) is 0 Å². The van der Waals surface area contributed by atoms with Crippen molar-refractivity contribution in [2.24, 2.45) is 0 Å². The molecule has 9 nitrogen and oxygen atoms in total. The van der Waals surface area contributed by atoms with E-state index in [2.05, 4.69) is 65.5 Å². The van der Waals surface area contributed by atoms with Crippen molar-refractivity contribution < 1.29 is 14.4 Å². The lowest BCUT2D eigenvalue weighted by Gasteiger charge is -2.04. The molecule has 0 aliphatic rings. The molecular formula is C24H48N6O3. The van der Waals surface area contributed by atoms with E-state index < -0.39 is 0 Å². The minimum absolute atomic E-state index is 0.0495. The van der Waals surface area contributed by atoms with E-state index in [4.69, 9.17) is 0 Å². The molecule has 0 aromatic carbocycles. The van der Waals surface area contributed by atoms with Crippen LogP contribution in [0, 0.1) is 0 Å². The van der Waals surface area contributed by atoms with Gasteiger partial charge < -0.3 is 31.9 Å². The van der Waals surface area contributed by atoms with E-state index in [1.54, 1.807) is 6.92 Å². The SMILES string of the molecule is C=C(C)C(=O)NCCCNCC.C=CC(=O)NCCCNC.C=CC(=O)NCCCNCC. The van der Waals surface area contributed by atoms with Crippen LogP contribution in [0.4, 0.5) is 0 Å². The highest BCUT2D eigenvalue weighted by Crippen LogP contribution is 1.85. The van der Waals surface area contributed by atoms with Gasteiger partial charge in [0, 0.05) is 25.2 Å². The van der Waals surface area contributed by atoms with Gasteiger partial charge in [0.05, 0.1) is 0 Å². The lowest BCUT2D eigenvalue weighted by Crippen LogP contribution is -2.27. The van der Waals surface area contributed by atoms with E-state index in [9.17, 15) is 14.4 Å². The number of hydrogen-bond acceptors (Lipinski definition) is 6. The van der Waals surface area contributed by atoms with Gasteiger partial charge in [-0.2, -0.15) is 0 Å². The summed E-state index contributed by atoms with van der Waals surface area (Å²) in [5.74, 6) is -0.246. The summed E-state index contributed by atoms with van der Waals surface area (Å²) in [6.07, 6.45) is 5.45. The van der Waals surface area contributed by atoms with E-state index in [-0.39, 0.29) is 17.7 Å². The standard InChI is InChI=1S/C9H18N2O.C8H16N2O.C7H14N2O/c1-4-10-6-5-7-11-9(12)8(2)3;1-3-8(11)10-7-5-6-9-4-2;1-3-7(10)9-6-4-5-8-2/h10H,2,4-7H2,1,3H3,(H,11,12);3,9H,1,4-7H2,2H3,(H,10,11);3,8H,1,4-6H2,2H3,(H,9,10). The van der Waals surface area contributed by atoms with Gasteiger partial charge in [-0.05, 0) is 78.1 Å². The highest BCUT2D eigenvalue weighted by Gasteiger charge is 1.98. The van der Waals surface area contributed by atoms with Crippen LogP contribution in [0.2, 0.25) is 0 Å². The first kappa shape index (κ1) is 35.1. The lowest BCUT2D eigenvalue weighted by molar-refractivity contribution is -0.118. The third-order valence-electron chi connectivity index (χ3n) is 3.81. The predicted octanol–water partition coefficient (Wildman–Crippen LogP) is 0.865. The Balaban J connectivity index is -0.000000411. The zero-order valence-electron chi connectivity index (χ0n) is 21.3. The van der Waals surface area contributed by atoms with Gasteiger partial charge in [-0.15, -0.1) is 0 Å². The first-order valence-electron chi connectivity index (χ1n) is 11.6. The van der Waals surface area contributed by atoms with Crippen LogP contribution in [0.1, 0.15) is 40.0 Å². The summed E-state index contributed by atoms with van der Waals surface area (Å²) < 4.78 is 0. The molecule has 3 amide bonds. The third kappa shape index (κ3) is 34.3. The first-order chi connectivity index (χ1) is 15.8. The van der Waals surface area contributed by atoms with Gasteiger partial charge in [0.1, 0.15) is 0 Å². The number of nitrogens with one attached hydrogen (secondary N) is 6. The number of hydrogen-bond donors (Lipinski definition) is 6. The molecule has 0 rings (SSSR count). The zero-order valence-corrected chi connectivity index (χ0v) is 21.3. The van der Waals surface area contributed by atoms with Crippen molar-refractivity contribution in [2.45, 2.75) is 40.0 Å². The Morgan fingerprint density at radius 2 is 1.09 bits per heavy atom. The molecule has 0 heterocycles. The van der Waals surface area contributed by atoms with Gasteiger partial charge in [-0.3, -0.25) is 14.4 Å². The molecule has 0 saturated carbocycles. The van der Waals surface area contributed by atoms with Crippen molar-refractivity contribution >= 4 is 17.7 Å². The number of carbonyl (C=O) groups is 3. The normalized spacial score (nSPS) is 9.21. The Bertz CT molecular complexity index is 538. The molecule has 192 valence electrons. The Kier molecular flexibility index (Phi) is 31.4. The topological polar surface area (TPSA) is 123 Å². The molecule has 0 unspecified atom stereocenters. The van der Waals surface area contributed by atoms with Crippen LogP contribution < -0.4 is 31.9 Å². The van der Waals surface area contributed by atoms with Crippen LogP contribution in [0.3, 0.4) is 0 Å². The Morgan fingerprint density at radius 3 is 1.42 bits per heavy atom. The van der Waals surface area contributed by atoms with E-state index in [0.717, 1.165) is 65.1 Å². The van der Waals surface area contributed by atoms with Gasteiger partial charge in [0.15, 0.2) is 0 Å². The molecular weight excluding hydrogens is 420 g/mol. The van der Waals surface area contributed by atoms with Crippen molar-refractivity contribution in [3.8, 4) is 0 Å². The summed E-state index contributed by atoms with van der Waals surface area (Å²) >= 11 is 0. The van der Waals surface area contributed by atoms with Crippen LogP contribution in [0.25, 0.3) is 0 Å². The molecule has 0 aromatic heterocycles. The number of amides is 3. The van der Waals surface area contributed by atoms with Gasteiger partial charge in [0.25, 0.3) is 0 Å². The zero-order chi connectivity index (χ0) is 25.7. The van der Waals surface area contributed by atoms with Crippen LogP contribution in [0.5, 0.6) is 0 Å². The molecule has 0 aliphatic heterocycles. The molecule has 0 saturated heterocycles. The maximum Gasteiger partial charge on any atom is 0.246 e. The van der Waals surface area contributed by atoms with Gasteiger partial charge in [-0.25, -0.2) is 0 Å². The molecule has 0 fully saturated rings. The quantitative estimate of drug-likeness (QED) is 0.139. The van der Waals surface area contributed by atoms with Crippen molar-refractivity contribution in [2.75, 3.05) is 59.4 Å². The van der Waals surface area contributed by atoms with Gasteiger partial charge >= 0.3 is 0 Å². The van der Waals surface area contributed by atoms with Crippen molar-refractivity contribution in [3.05, 3.63) is 37.5 Å². The van der Waals surface area contributed by atoms with E-state index in [1.165, 1.54) is 12.2 Å². The summed E-state index contributed by atoms with van der Waals surface area (Å²) in [5.41, 5.74) is 0.568. The van der Waals surface area contributed by atoms with Crippen LogP contribution >= 0.6 is 0 Å². The molecule has 0 aromatic rings. The molecule has 0 aliphatic carbocycles. The van der Waals surface area contributed by atoms with E-state index in [1.807, 2.05) is 7.05 Å². The second-order valence-corrected chi connectivity index (χ2v) is 6.90. The second kappa shape index (κ2) is 29.5. The van der Waals surface area contributed by atoms with Crippen LogP contribution in [0.15, 0.2) is 37.5 Å². The average Bonchev–Trinajstić information content (AvgIpc) is 2.81. The molecule has 6 N–H and O–H groups in total. The molecule has 0 spiro atoms. The molecule has 0 atom stereocenters. The fraction of sp³-hybridized carbons (Fsp3) is 0.625. The minimum atomic E-state index is -0.101. The number of rotatable bonds is 17. The first-order valence-corrected chi connectivity index (χ1v) is 11.6. The monoisotopic (exact) mass is 468 g/mol. The third-order valence-corrected chi connectivity index (χ3v) is 3.81. The van der Waals surface area contributed by atoms with Crippen LogP contribution in [-0.4, -0.2) is 77.1 Å². The maximum absolute atomic E-state index is 10.9. The molecule has 0 radical (unpaired) electrons. The smallest absolute Gasteiger partial charge is 0.246 e. The highest BCUT2D eigenvalue weighted by molar-refractivity contribution is 5.92. The fourth-order valence-corrected chi connectivity index (χ4v) is 1.97. The predicted molar refractivity (Wildman–Crippen MR) is 139 cm³/mol. The molecule has 33 heavy (non-hydrogen) atoms. The summed E-state index contributed by atoms with van der Waals surface area (Å²) in [5, 5.41) is 17.4. The minimum Gasteiger partial charge on any atom is -0.353 e. The van der Waals surface area contributed by atoms with Gasteiger partial charge in [0.2, 0.25) is 17.7 Å². The van der Waals surface area contributed by atoms with Crippen molar-refractivity contribution in [1.82, 2.24) is 31.9 Å². The summed E-state index contributed by atoms with van der Waals surface area (Å²) in [6.45, 7) is 23.0. The average molecular weight is 469 g/mol. The molecule has 0 bridgehead atoms. The summed E-state index contributed by atoms with van der Waals surface area (Å²) in [6, 6.07) is 0. The Labute approximate surface area is 201 Å².